The minimum atomic E-state index is -4.57. The van der Waals surface area contributed by atoms with E-state index < -0.39 is 45.2 Å². The summed E-state index contributed by atoms with van der Waals surface area (Å²) in [6, 6.07) is 0. The summed E-state index contributed by atoms with van der Waals surface area (Å²) in [6.45, 7) is -2.74. The summed E-state index contributed by atoms with van der Waals surface area (Å²) in [5.41, 5.74) is 0. The summed E-state index contributed by atoms with van der Waals surface area (Å²) < 4.78 is 83.2. The summed E-state index contributed by atoms with van der Waals surface area (Å²) in [5.74, 6) is 0. The van der Waals surface area contributed by atoms with Gasteiger partial charge in [0.25, 0.3) is 20.2 Å². The Hall–Kier alpha value is -0.400. The topological polar surface area (TPSA) is 105 Å². The van der Waals surface area contributed by atoms with Crippen LogP contribution in [-0.2, 0) is 38.1 Å². The van der Waals surface area contributed by atoms with Crippen LogP contribution in [0.4, 0.5) is 8.78 Å². The molecular formula is C4H6F2O8S2. The van der Waals surface area contributed by atoms with Gasteiger partial charge in [0.05, 0.1) is 0 Å². The molecule has 96 valence electrons. The lowest BCUT2D eigenvalue weighted by Crippen LogP contribution is -2.32. The number of rotatable bonds is 0. The fourth-order valence-corrected chi connectivity index (χ4v) is 2.97. The van der Waals surface area contributed by atoms with Crippen LogP contribution in [0.15, 0.2) is 0 Å². The highest BCUT2D eigenvalue weighted by molar-refractivity contribution is 8.03. The highest BCUT2D eigenvalue weighted by Crippen LogP contribution is 2.19. The molecule has 1 saturated heterocycles. The Labute approximate surface area is 89.3 Å². The number of ether oxygens (including phenoxy) is 2. The van der Waals surface area contributed by atoms with Gasteiger partial charge in [-0.05, 0) is 0 Å². The molecule has 1 aliphatic rings. The second-order valence-electron chi connectivity index (χ2n) is 2.46. The van der Waals surface area contributed by atoms with Crippen LogP contribution < -0.4 is 0 Å². The molecular weight excluding hydrogens is 278 g/mol. The minimum absolute atomic E-state index is 1.37. The van der Waals surface area contributed by atoms with E-state index in [-0.39, 0.29) is 0 Å². The monoisotopic (exact) mass is 284 g/mol. The van der Waals surface area contributed by atoms with Crippen LogP contribution in [0.1, 0.15) is 0 Å². The molecule has 0 atom stereocenters. The summed E-state index contributed by atoms with van der Waals surface area (Å²) in [4.78, 5) is 0. The van der Waals surface area contributed by atoms with Crippen LogP contribution in [0.3, 0.4) is 0 Å². The Bertz CT molecular complexity index is 399. The van der Waals surface area contributed by atoms with Crippen molar-refractivity contribution in [3.05, 3.63) is 0 Å². The van der Waals surface area contributed by atoms with Crippen molar-refractivity contribution < 1.29 is 43.5 Å². The number of halogens is 2. The molecule has 12 heteroatoms. The lowest BCUT2D eigenvalue weighted by atomic mass is 11.2. The third kappa shape index (κ3) is 4.63. The molecule has 0 aliphatic carbocycles. The van der Waals surface area contributed by atoms with Gasteiger partial charge >= 0.3 is 6.29 Å². The highest BCUT2D eigenvalue weighted by Gasteiger charge is 2.36. The maximum absolute atomic E-state index is 12.5. The molecule has 16 heavy (non-hydrogen) atoms. The van der Waals surface area contributed by atoms with E-state index in [0.717, 1.165) is 0 Å². The fraction of sp³-hybridized carbons (Fsp3) is 1.00. The summed E-state index contributed by atoms with van der Waals surface area (Å²) in [5, 5.41) is -1.52. The Morgan fingerprint density at radius 3 is 1.62 bits per heavy atom. The molecule has 1 heterocycles. The Kier molecular flexibility index (Phi) is 3.81. The zero-order valence-electron chi connectivity index (χ0n) is 7.46. The first kappa shape index (κ1) is 13.7. The molecule has 0 radical (unpaired) electrons. The van der Waals surface area contributed by atoms with Gasteiger partial charge < -0.3 is 0 Å². The third-order valence-electron chi connectivity index (χ3n) is 1.20. The van der Waals surface area contributed by atoms with Crippen LogP contribution in [-0.4, -0.2) is 41.8 Å². The SMILES string of the molecule is O=S1(=O)CS(=O)(=O)OCOC(F)(F)OCO1. The van der Waals surface area contributed by atoms with Gasteiger partial charge in [-0.2, -0.15) is 16.8 Å². The number of hydrogen-bond acceptors (Lipinski definition) is 8. The van der Waals surface area contributed by atoms with E-state index >= 15 is 0 Å². The largest absolute Gasteiger partial charge is 0.489 e. The third-order valence-corrected chi connectivity index (χ3v) is 4.42. The van der Waals surface area contributed by atoms with Crippen LogP contribution >= 0.6 is 0 Å². The second-order valence-corrected chi connectivity index (χ2v) is 6.10. The van der Waals surface area contributed by atoms with Crippen molar-refractivity contribution in [1.29, 1.82) is 0 Å². The van der Waals surface area contributed by atoms with E-state index in [4.69, 9.17) is 0 Å². The predicted molar refractivity (Wildman–Crippen MR) is 41.7 cm³/mol. The molecule has 0 bridgehead atoms. The molecule has 0 saturated carbocycles. The van der Waals surface area contributed by atoms with Gasteiger partial charge in [-0.3, -0.25) is 9.47 Å². The van der Waals surface area contributed by atoms with Crippen LogP contribution in [0.2, 0.25) is 0 Å². The molecule has 0 amide bonds. The molecule has 8 nitrogen and oxygen atoms in total. The maximum Gasteiger partial charge on any atom is 0.489 e. The molecule has 1 aliphatic heterocycles. The Morgan fingerprint density at radius 2 is 1.25 bits per heavy atom. The van der Waals surface area contributed by atoms with Crippen molar-refractivity contribution in [2.24, 2.45) is 0 Å². The summed E-state index contributed by atoms with van der Waals surface area (Å²) in [7, 11) is -9.13. The first-order valence-corrected chi connectivity index (χ1v) is 6.67. The molecule has 0 unspecified atom stereocenters. The lowest BCUT2D eigenvalue weighted by molar-refractivity contribution is -0.415. The van der Waals surface area contributed by atoms with Crippen LogP contribution in [0.25, 0.3) is 0 Å². The quantitative estimate of drug-likeness (QED) is 0.529. The van der Waals surface area contributed by atoms with Crippen molar-refractivity contribution in [3.8, 4) is 0 Å². The smallest absolute Gasteiger partial charge is 0.267 e. The Balaban J connectivity index is 2.85. The molecule has 0 aromatic carbocycles. The van der Waals surface area contributed by atoms with Gasteiger partial charge in [0.2, 0.25) is 5.08 Å². The van der Waals surface area contributed by atoms with Crippen LogP contribution in [0, 0.1) is 0 Å². The fourth-order valence-electron chi connectivity index (χ4n) is 0.618. The van der Waals surface area contributed by atoms with E-state index in [1.807, 2.05) is 0 Å². The van der Waals surface area contributed by atoms with E-state index in [2.05, 4.69) is 17.8 Å². The van der Waals surface area contributed by atoms with Gasteiger partial charge in [-0.15, -0.1) is 8.78 Å². The van der Waals surface area contributed by atoms with Gasteiger partial charge in [0.1, 0.15) is 0 Å². The Morgan fingerprint density at radius 1 is 0.875 bits per heavy atom. The van der Waals surface area contributed by atoms with Gasteiger partial charge in [-0.25, -0.2) is 8.37 Å². The molecule has 1 fully saturated rings. The van der Waals surface area contributed by atoms with Gasteiger partial charge in [0, 0.05) is 0 Å². The van der Waals surface area contributed by atoms with Crippen molar-refractivity contribution in [3.63, 3.8) is 0 Å². The van der Waals surface area contributed by atoms with E-state index in [0.29, 0.717) is 0 Å². The average molecular weight is 284 g/mol. The summed E-state index contributed by atoms with van der Waals surface area (Å²) >= 11 is 0. The average Bonchev–Trinajstić information content (AvgIpc) is 1.97. The van der Waals surface area contributed by atoms with E-state index in [1.54, 1.807) is 0 Å². The highest BCUT2D eigenvalue weighted by atomic mass is 32.3. The standard InChI is InChI=1S/C4H6F2O8S2/c5-4(6)11-1-13-15(7,8)3-16(9,10)14-2-12-4/h1-3H2. The zero-order valence-corrected chi connectivity index (χ0v) is 9.09. The second kappa shape index (κ2) is 4.46. The zero-order chi connectivity index (χ0) is 12.4. The van der Waals surface area contributed by atoms with Crippen molar-refractivity contribution >= 4 is 20.2 Å². The molecule has 0 N–H and O–H groups in total. The van der Waals surface area contributed by atoms with E-state index in [1.165, 1.54) is 0 Å². The molecule has 0 spiro atoms. The van der Waals surface area contributed by atoms with E-state index in [9.17, 15) is 25.6 Å². The normalized spacial score (nSPS) is 29.4. The van der Waals surface area contributed by atoms with Crippen molar-refractivity contribution in [2.45, 2.75) is 6.29 Å². The molecule has 0 aromatic rings. The minimum Gasteiger partial charge on any atom is -0.267 e. The van der Waals surface area contributed by atoms with Crippen LogP contribution in [0.5, 0.6) is 0 Å². The van der Waals surface area contributed by atoms with Crippen molar-refractivity contribution in [1.82, 2.24) is 0 Å². The number of alkyl halides is 2. The first-order valence-electron chi connectivity index (χ1n) is 3.52. The van der Waals surface area contributed by atoms with Crippen molar-refractivity contribution in [2.75, 3.05) is 18.7 Å². The lowest BCUT2D eigenvalue weighted by Gasteiger charge is -2.17. The number of hydrogen-bond donors (Lipinski definition) is 0. The first-order chi connectivity index (χ1) is 7.12. The van der Waals surface area contributed by atoms with Gasteiger partial charge in [0.15, 0.2) is 13.6 Å². The summed E-state index contributed by atoms with van der Waals surface area (Å²) in [6.07, 6.45) is -4.21. The molecule has 0 aromatic heterocycles. The molecule has 1 rings (SSSR count). The predicted octanol–water partition coefficient (Wildman–Crippen LogP) is -0.851. The maximum atomic E-state index is 12.5. The van der Waals surface area contributed by atoms with Gasteiger partial charge in [-0.1, -0.05) is 0 Å².